The summed E-state index contributed by atoms with van der Waals surface area (Å²) >= 11 is 0. The maximum Gasteiger partial charge on any atom is 0.259 e. The molecule has 29 heavy (non-hydrogen) atoms. The second-order valence-electron chi connectivity index (χ2n) is 7.20. The normalized spacial score (nSPS) is 14.5. The summed E-state index contributed by atoms with van der Waals surface area (Å²) in [6.45, 7) is 8.05. The van der Waals surface area contributed by atoms with E-state index in [4.69, 9.17) is 0 Å². The van der Waals surface area contributed by atoms with Crippen LogP contribution in [0.1, 0.15) is 57.0 Å². The lowest BCUT2D eigenvalue weighted by Crippen LogP contribution is -2.26. The minimum Gasteiger partial charge on any atom is -0.360 e. The van der Waals surface area contributed by atoms with Crippen LogP contribution in [0, 0.1) is 6.92 Å². The lowest BCUT2D eigenvalue weighted by atomic mass is 10.0. The van der Waals surface area contributed by atoms with Crippen molar-refractivity contribution in [2.45, 2.75) is 52.6 Å². The van der Waals surface area contributed by atoms with Crippen LogP contribution in [-0.4, -0.2) is 24.5 Å². The molecule has 3 heterocycles. The molecule has 3 aromatic heterocycles. The predicted molar refractivity (Wildman–Crippen MR) is 116 cm³/mol. The Bertz CT molecular complexity index is 1220. The van der Waals surface area contributed by atoms with E-state index < -0.39 is 0 Å². The number of rotatable bonds is 4. The SMILES string of the molecule is CC.Cc1cccc2cc(C(C)Nc3ncnc4nc[nH]c34)n(C3CC3)c(=O)c12. The number of nitrogens with zero attached hydrogens (tertiary/aromatic N) is 4. The smallest absolute Gasteiger partial charge is 0.259 e. The zero-order chi connectivity index (χ0) is 20.5. The second kappa shape index (κ2) is 7.66. The lowest BCUT2D eigenvalue weighted by Gasteiger charge is -2.21. The molecule has 0 saturated heterocycles. The maximum atomic E-state index is 13.3. The molecular weight excluding hydrogens is 364 g/mol. The van der Waals surface area contributed by atoms with Crippen LogP contribution in [0.5, 0.6) is 0 Å². The number of pyridine rings is 1. The summed E-state index contributed by atoms with van der Waals surface area (Å²) in [5.41, 5.74) is 3.49. The van der Waals surface area contributed by atoms with E-state index in [1.54, 1.807) is 6.33 Å². The van der Waals surface area contributed by atoms with Gasteiger partial charge in [0, 0.05) is 11.7 Å². The summed E-state index contributed by atoms with van der Waals surface area (Å²) in [6.07, 6.45) is 5.20. The van der Waals surface area contributed by atoms with Crippen molar-refractivity contribution in [2.75, 3.05) is 5.32 Å². The Kier molecular flexibility index (Phi) is 5.05. The van der Waals surface area contributed by atoms with Crippen LogP contribution < -0.4 is 10.9 Å². The van der Waals surface area contributed by atoms with Crippen LogP contribution in [0.2, 0.25) is 0 Å². The molecule has 0 aliphatic heterocycles. The van der Waals surface area contributed by atoms with Gasteiger partial charge >= 0.3 is 0 Å². The van der Waals surface area contributed by atoms with Gasteiger partial charge in [-0.1, -0.05) is 32.0 Å². The van der Waals surface area contributed by atoms with Crippen molar-refractivity contribution < 1.29 is 0 Å². The van der Waals surface area contributed by atoms with Gasteiger partial charge in [0.1, 0.15) is 11.8 Å². The molecule has 5 rings (SSSR count). The summed E-state index contributed by atoms with van der Waals surface area (Å²) < 4.78 is 1.97. The van der Waals surface area contributed by atoms with Gasteiger partial charge in [0.05, 0.1) is 17.8 Å². The van der Waals surface area contributed by atoms with Crippen molar-refractivity contribution >= 4 is 27.8 Å². The molecule has 2 N–H and O–H groups in total. The number of hydrogen-bond acceptors (Lipinski definition) is 5. The van der Waals surface area contributed by atoms with Crippen LogP contribution in [-0.2, 0) is 0 Å². The molecular formula is C22H26N6O. The van der Waals surface area contributed by atoms with Gasteiger partial charge in [0.2, 0.25) is 0 Å². The number of aryl methyl sites for hydroxylation is 1. The third-order valence-electron chi connectivity index (χ3n) is 5.25. The fraction of sp³-hybridized carbons (Fsp3) is 0.364. The molecule has 4 aromatic rings. The van der Waals surface area contributed by atoms with Crippen LogP contribution in [0.15, 0.2) is 41.7 Å². The Balaban J connectivity index is 0.000000994. The summed E-state index contributed by atoms with van der Waals surface area (Å²) in [6, 6.07) is 8.33. The molecule has 0 spiro atoms. The first-order valence-electron chi connectivity index (χ1n) is 10.2. The highest BCUT2D eigenvalue weighted by Crippen LogP contribution is 2.37. The first-order valence-corrected chi connectivity index (χ1v) is 10.2. The van der Waals surface area contributed by atoms with Crippen LogP contribution in [0.3, 0.4) is 0 Å². The Labute approximate surface area is 169 Å². The van der Waals surface area contributed by atoms with Gasteiger partial charge in [0.15, 0.2) is 11.5 Å². The van der Waals surface area contributed by atoms with Crippen LogP contribution in [0.4, 0.5) is 5.82 Å². The van der Waals surface area contributed by atoms with Crippen molar-refractivity contribution in [3.8, 4) is 0 Å². The summed E-state index contributed by atoms with van der Waals surface area (Å²) in [7, 11) is 0. The molecule has 0 amide bonds. The highest BCUT2D eigenvalue weighted by molar-refractivity contribution is 5.85. The number of anilines is 1. The molecule has 0 bridgehead atoms. The van der Waals surface area contributed by atoms with Crippen molar-refractivity contribution in [1.82, 2.24) is 24.5 Å². The van der Waals surface area contributed by atoms with E-state index in [1.165, 1.54) is 6.33 Å². The number of aromatic amines is 1. The largest absolute Gasteiger partial charge is 0.360 e. The number of hydrogen-bond donors (Lipinski definition) is 2. The van der Waals surface area contributed by atoms with Crippen LogP contribution >= 0.6 is 0 Å². The topological polar surface area (TPSA) is 88.5 Å². The van der Waals surface area contributed by atoms with E-state index in [0.717, 1.165) is 40.4 Å². The van der Waals surface area contributed by atoms with Crippen molar-refractivity contribution in [2.24, 2.45) is 0 Å². The first-order chi connectivity index (χ1) is 14.1. The van der Waals surface area contributed by atoms with Gasteiger partial charge in [-0.15, -0.1) is 0 Å². The van der Waals surface area contributed by atoms with E-state index in [1.807, 2.05) is 43.5 Å². The summed E-state index contributed by atoms with van der Waals surface area (Å²) in [5, 5.41) is 5.23. The number of imidazole rings is 1. The fourth-order valence-corrected chi connectivity index (χ4v) is 3.77. The zero-order valence-electron chi connectivity index (χ0n) is 17.2. The van der Waals surface area contributed by atoms with Gasteiger partial charge in [-0.3, -0.25) is 4.79 Å². The molecule has 0 radical (unpaired) electrons. The molecule has 1 saturated carbocycles. The monoisotopic (exact) mass is 390 g/mol. The highest BCUT2D eigenvalue weighted by atomic mass is 16.1. The number of nitrogens with one attached hydrogen (secondary N) is 2. The summed E-state index contributed by atoms with van der Waals surface area (Å²) in [4.78, 5) is 29.0. The van der Waals surface area contributed by atoms with Gasteiger partial charge < -0.3 is 14.9 Å². The average Bonchev–Trinajstić information content (AvgIpc) is 3.44. The third kappa shape index (κ3) is 3.37. The number of aromatic nitrogens is 5. The third-order valence-corrected chi connectivity index (χ3v) is 5.25. The van der Waals surface area contributed by atoms with E-state index in [9.17, 15) is 4.79 Å². The minimum absolute atomic E-state index is 0.0930. The minimum atomic E-state index is -0.0930. The highest BCUT2D eigenvalue weighted by Gasteiger charge is 2.29. The Morgan fingerprint density at radius 1 is 1.21 bits per heavy atom. The maximum absolute atomic E-state index is 13.3. The van der Waals surface area contributed by atoms with Gasteiger partial charge in [-0.2, -0.15) is 0 Å². The lowest BCUT2D eigenvalue weighted by molar-refractivity contribution is 0.636. The van der Waals surface area contributed by atoms with E-state index >= 15 is 0 Å². The fourth-order valence-electron chi connectivity index (χ4n) is 3.77. The number of fused-ring (bicyclic) bond motifs is 2. The molecule has 1 aromatic carbocycles. The zero-order valence-corrected chi connectivity index (χ0v) is 17.2. The molecule has 1 unspecified atom stereocenters. The molecule has 1 atom stereocenters. The Morgan fingerprint density at radius 3 is 2.76 bits per heavy atom. The standard InChI is InChI=1S/C20H20N6O.C2H6/c1-11-4-3-5-13-8-15(26(14-6-7-14)20(27)16(11)13)12(2)25-19-17-18(22-9-21-17)23-10-24-19;1-2/h3-5,8-10,12,14H,6-7H2,1-2H3,(H2,21,22,23,24,25);1-2H3. The van der Waals surface area contributed by atoms with Gasteiger partial charge in [0.25, 0.3) is 5.56 Å². The number of H-pyrrole nitrogens is 1. The van der Waals surface area contributed by atoms with Crippen LogP contribution in [0.25, 0.3) is 21.9 Å². The summed E-state index contributed by atoms with van der Waals surface area (Å²) in [5.74, 6) is 0.684. The average molecular weight is 390 g/mol. The Hall–Kier alpha value is -3.22. The molecule has 1 aliphatic carbocycles. The van der Waals surface area contributed by atoms with E-state index in [-0.39, 0.29) is 11.6 Å². The van der Waals surface area contributed by atoms with Gasteiger partial charge in [-0.05, 0) is 43.7 Å². The molecule has 150 valence electrons. The van der Waals surface area contributed by atoms with E-state index in [0.29, 0.717) is 17.5 Å². The predicted octanol–water partition coefficient (Wildman–Crippen LogP) is 4.51. The molecule has 1 aliphatic rings. The van der Waals surface area contributed by atoms with Crippen molar-refractivity contribution in [3.63, 3.8) is 0 Å². The first kappa shape index (κ1) is 19.1. The molecule has 7 heteroatoms. The molecule has 1 fully saturated rings. The second-order valence-corrected chi connectivity index (χ2v) is 7.20. The van der Waals surface area contributed by atoms with E-state index in [2.05, 4.69) is 38.2 Å². The van der Waals surface area contributed by atoms with Gasteiger partial charge in [-0.25, -0.2) is 15.0 Å². The molecule has 7 nitrogen and oxygen atoms in total. The number of benzene rings is 1. The van der Waals surface area contributed by atoms with Crippen molar-refractivity contribution in [1.29, 1.82) is 0 Å². The quantitative estimate of drug-likeness (QED) is 0.535. The van der Waals surface area contributed by atoms with Crippen molar-refractivity contribution in [3.05, 3.63) is 58.5 Å². The Morgan fingerprint density at radius 2 is 2.00 bits per heavy atom.